The number of aliphatic hydroxyl groups excluding tert-OH is 1. The maximum Gasteiger partial charge on any atom is 0.471 e. The Morgan fingerprint density at radius 2 is 1.78 bits per heavy atom. The van der Waals surface area contributed by atoms with E-state index in [-0.39, 0.29) is 44.2 Å². The predicted molar refractivity (Wildman–Crippen MR) is 175 cm³/mol. The lowest BCUT2D eigenvalue weighted by Crippen LogP contribution is -2.50. The second-order valence-corrected chi connectivity index (χ2v) is 13.1. The van der Waals surface area contributed by atoms with Crippen molar-refractivity contribution in [3.63, 3.8) is 0 Å². The zero-order valence-electron chi connectivity index (χ0n) is 26.6. The Hall–Kier alpha value is -4.24. The summed E-state index contributed by atoms with van der Waals surface area (Å²) in [6.45, 7) is 2.01. The van der Waals surface area contributed by atoms with E-state index in [2.05, 4.69) is 27.4 Å². The Bertz CT molecular complexity index is 1720. The zero-order valence-corrected chi connectivity index (χ0v) is 27.4. The summed E-state index contributed by atoms with van der Waals surface area (Å²) in [5, 5.41) is 19.8. The van der Waals surface area contributed by atoms with Crippen molar-refractivity contribution in [3.05, 3.63) is 101 Å². The quantitative estimate of drug-likeness (QED) is 0.180. The van der Waals surface area contributed by atoms with Gasteiger partial charge in [0.15, 0.2) is 11.4 Å². The van der Waals surface area contributed by atoms with Crippen molar-refractivity contribution in [1.29, 1.82) is 0 Å². The molecule has 5 unspecified atom stereocenters. The molecule has 2 fully saturated rings. The molecule has 2 amide bonds. The van der Waals surface area contributed by atoms with E-state index in [1.54, 1.807) is 0 Å². The van der Waals surface area contributed by atoms with Crippen molar-refractivity contribution in [3.8, 4) is 11.1 Å². The molecule has 0 bridgehead atoms. The van der Waals surface area contributed by atoms with Crippen LogP contribution in [0.3, 0.4) is 0 Å². The molecule has 2 aliphatic rings. The molecule has 3 heterocycles. The number of aromatic amines is 1. The van der Waals surface area contributed by atoms with Crippen LogP contribution in [0.5, 0.6) is 0 Å². The van der Waals surface area contributed by atoms with Gasteiger partial charge >= 0.3 is 12.1 Å². The van der Waals surface area contributed by atoms with Gasteiger partial charge in [-0.15, -0.1) is 0 Å². The smallest absolute Gasteiger partial charge is 0.392 e. The van der Waals surface area contributed by atoms with E-state index in [1.165, 1.54) is 18.1 Å². The van der Waals surface area contributed by atoms with Crippen molar-refractivity contribution in [2.24, 2.45) is 5.92 Å². The van der Waals surface area contributed by atoms with Crippen LogP contribution in [0.25, 0.3) is 11.1 Å². The molecule has 3 aromatic carbocycles. The molecule has 3 N–H and O–H groups in total. The number of carbonyl (C=O) groups is 2. The number of hydrogen-bond acceptors (Lipinski definition) is 8. The van der Waals surface area contributed by atoms with Gasteiger partial charge in [-0.05, 0) is 40.7 Å². The summed E-state index contributed by atoms with van der Waals surface area (Å²) in [6.07, 6.45) is -4.21. The maximum atomic E-state index is 13.1. The first kappa shape index (κ1) is 34.6. The van der Waals surface area contributed by atoms with E-state index in [0.717, 1.165) is 33.4 Å². The number of nitrogens with one attached hydrogen (secondary N) is 2. The molecular weight excluding hydrogens is 659 g/mol. The third-order valence-corrected chi connectivity index (χ3v) is 9.89. The molecule has 0 aliphatic carbocycles. The van der Waals surface area contributed by atoms with Gasteiger partial charge in [-0.2, -0.15) is 18.3 Å². The van der Waals surface area contributed by atoms with E-state index in [0.29, 0.717) is 22.2 Å². The lowest BCUT2D eigenvalue weighted by Gasteiger charge is -2.41. The van der Waals surface area contributed by atoms with Crippen LogP contribution >= 0.6 is 11.8 Å². The SMILES string of the molecule is CC1C(CSc2ncn[nH]2)OC(c2ccc(-c3ccccc3CNC(=O)C3CCCN3C(=O)C(F)(F)F)cc2)OC1c1ccc(CO)cc1. The van der Waals surface area contributed by atoms with Gasteiger partial charge in [-0.25, -0.2) is 4.98 Å². The van der Waals surface area contributed by atoms with E-state index >= 15 is 0 Å². The molecule has 1 aromatic heterocycles. The number of aromatic nitrogens is 3. The average Bonchev–Trinajstić information content (AvgIpc) is 3.83. The molecule has 0 spiro atoms. The minimum atomic E-state index is -5.03. The molecule has 4 aromatic rings. The number of rotatable bonds is 10. The molecule has 0 saturated carbocycles. The van der Waals surface area contributed by atoms with Crippen LogP contribution in [0.4, 0.5) is 13.2 Å². The van der Waals surface area contributed by atoms with Crippen molar-refractivity contribution >= 4 is 23.6 Å². The van der Waals surface area contributed by atoms with Gasteiger partial charge in [0.25, 0.3) is 0 Å². The maximum absolute atomic E-state index is 13.1. The Morgan fingerprint density at radius 1 is 1.04 bits per heavy atom. The van der Waals surface area contributed by atoms with Crippen LogP contribution in [0.2, 0.25) is 0 Å². The number of H-pyrrole nitrogens is 1. The number of likely N-dealkylation sites (tertiary alicyclic amines) is 1. The van der Waals surface area contributed by atoms with Crippen molar-refractivity contribution < 1.29 is 37.3 Å². The summed E-state index contributed by atoms with van der Waals surface area (Å²) in [7, 11) is 0. The van der Waals surface area contributed by atoms with Gasteiger partial charge in [-0.3, -0.25) is 14.7 Å². The third-order valence-electron chi connectivity index (χ3n) is 8.92. The third kappa shape index (κ3) is 7.99. The topological polar surface area (TPSA) is 130 Å². The average molecular weight is 696 g/mol. The predicted octanol–water partition coefficient (Wildman–Crippen LogP) is 5.72. The monoisotopic (exact) mass is 695 g/mol. The molecule has 14 heteroatoms. The van der Waals surface area contributed by atoms with E-state index < -0.39 is 30.3 Å². The van der Waals surface area contributed by atoms with Crippen LogP contribution in [0.1, 0.15) is 54.4 Å². The lowest BCUT2D eigenvalue weighted by molar-refractivity contribution is -0.268. The molecule has 258 valence electrons. The van der Waals surface area contributed by atoms with Gasteiger partial charge in [0.2, 0.25) is 5.91 Å². The number of carbonyl (C=O) groups excluding carboxylic acids is 2. The Balaban J connectivity index is 1.17. The molecular formula is C35H36F3N5O5S. The van der Waals surface area contributed by atoms with Gasteiger partial charge in [0.1, 0.15) is 12.4 Å². The number of thioether (sulfide) groups is 1. The summed E-state index contributed by atoms with van der Waals surface area (Å²) in [5.41, 5.74) is 5.06. The molecule has 5 atom stereocenters. The standard InChI is InChI=1S/C35H36F3N5O5S/c1-21-29(19-49-34-40-20-41-42-34)47-32(48-30(21)24-10-8-22(18-44)9-11-24)25-14-12-23(13-15-25)27-6-3-2-5-26(27)17-39-31(45)28-7-4-16-43(28)33(46)35(36,37)38/h2-3,5-6,8-15,20-21,28-30,32,44H,4,7,16-19H2,1H3,(H,39,45)(H,40,41,42). The normalized spacial score (nSPS) is 22.6. The lowest BCUT2D eigenvalue weighted by atomic mass is 9.91. The number of alkyl halides is 3. The number of nitrogens with zero attached hydrogens (tertiary/aromatic N) is 3. The number of hydrogen-bond donors (Lipinski definition) is 3. The molecule has 49 heavy (non-hydrogen) atoms. The summed E-state index contributed by atoms with van der Waals surface area (Å²) >= 11 is 1.51. The molecule has 0 radical (unpaired) electrons. The zero-order chi connectivity index (χ0) is 34.5. The van der Waals surface area contributed by atoms with Gasteiger partial charge in [0, 0.05) is 30.3 Å². The highest BCUT2D eigenvalue weighted by Gasteiger charge is 2.47. The number of benzene rings is 3. The number of ether oxygens (including phenoxy) is 2. The van der Waals surface area contributed by atoms with Crippen LogP contribution in [0, 0.1) is 5.92 Å². The summed E-state index contributed by atoms with van der Waals surface area (Å²) in [4.78, 5) is 29.6. The summed E-state index contributed by atoms with van der Waals surface area (Å²) in [6, 6.07) is 21.7. The van der Waals surface area contributed by atoms with Gasteiger partial charge < -0.3 is 24.8 Å². The second-order valence-electron chi connectivity index (χ2n) is 12.1. The minimum Gasteiger partial charge on any atom is -0.392 e. The van der Waals surface area contributed by atoms with E-state index in [9.17, 15) is 27.9 Å². The fraction of sp³-hybridized carbons (Fsp3) is 0.371. The van der Waals surface area contributed by atoms with E-state index in [1.807, 2.05) is 72.8 Å². The fourth-order valence-corrected chi connectivity index (χ4v) is 7.20. The van der Waals surface area contributed by atoms with Crippen LogP contribution < -0.4 is 5.32 Å². The van der Waals surface area contributed by atoms with Crippen LogP contribution in [0.15, 0.2) is 84.3 Å². The molecule has 2 aliphatic heterocycles. The summed E-state index contributed by atoms with van der Waals surface area (Å²) < 4.78 is 52.3. The fourth-order valence-electron chi connectivity index (χ4n) is 6.26. The number of halogens is 3. The highest BCUT2D eigenvalue weighted by atomic mass is 32.2. The van der Waals surface area contributed by atoms with E-state index in [4.69, 9.17) is 9.47 Å². The molecule has 10 nitrogen and oxygen atoms in total. The molecule has 2 saturated heterocycles. The van der Waals surface area contributed by atoms with Crippen LogP contribution in [-0.4, -0.2) is 67.6 Å². The van der Waals surface area contributed by atoms with Gasteiger partial charge in [0.05, 0.1) is 18.8 Å². The Morgan fingerprint density at radius 3 is 2.47 bits per heavy atom. The number of amides is 2. The highest BCUT2D eigenvalue weighted by molar-refractivity contribution is 7.99. The van der Waals surface area contributed by atoms with Crippen LogP contribution in [-0.2, 0) is 32.2 Å². The first-order valence-corrected chi connectivity index (χ1v) is 16.9. The Kier molecular flexibility index (Phi) is 10.7. The van der Waals surface area contributed by atoms with Crippen molar-refractivity contribution in [1.82, 2.24) is 25.4 Å². The minimum absolute atomic E-state index is 0.00379. The van der Waals surface area contributed by atoms with Crippen molar-refractivity contribution in [2.45, 2.75) is 68.8 Å². The highest BCUT2D eigenvalue weighted by Crippen LogP contribution is 2.43. The van der Waals surface area contributed by atoms with Crippen molar-refractivity contribution in [2.75, 3.05) is 12.3 Å². The summed E-state index contributed by atoms with van der Waals surface area (Å²) in [5.74, 6) is -1.99. The Labute approximate surface area is 285 Å². The first-order chi connectivity index (χ1) is 23.6. The second kappa shape index (κ2) is 15.1. The molecule has 6 rings (SSSR count). The number of aliphatic hydroxyl groups is 1. The largest absolute Gasteiger partial charge is 0.471 e. The first-order valence-electron chi connectivity index (χ1n) is 15.9. The van der Waals surface area contributed by atoms with Gasteiger partial charge in [-0.1, -0.05) is 91.5 Å².